The Kier molecular flexibility index (Phi) is 6.26. The first-order chi connectivity index (χ1) is 9.04. The number of benzene rings is 1. The summed E-state index contributed by atoms with van der Waals surface area (Å²) in [6.45, 7) is 6.38. The lowest BCUT2D eigenvalue weighted by Gasteiger charge is -2.07. The van der Waals surface area contributed by atoms with Gasteiger partial charge in [-0.1, -0.05) is 51.5 Å². The van der Waals surface area contributed by atoms with Gasteiger partial charge in [-0.25, -0.2) is 0 Å². The molecule has 0 saturated carbocycles. The molecule has 0 fully saturated rings. The van der Waals surface area contributed by atoms with Gasteiger partial charge in [0.2, 0.25) is 5.91 Å². The Morgan fingerprint density at radius 2 is 1.84 bits per heavy atom. The van der Waals surface area contributed by atoms with Gasteiger partial charge in [-0.3, -0.25) is 9.59 Å². The van der Waals surface area contributed by atoms with Gasteiger partial charge in [0.25, 0.3) is 0 Å². The van der Waals surface area contributed by atoms with E-state index in [-0.39, 0.29) is 19.0 Å². The Morgan fingerprint density at radius 3 is 2.37 bits per heavy atom. The molecule has 0 unspecified atom stereocenters. The van der Waals surface area contributed by atoms with Crippen molar-refractivity contribution in [2.24, 2.45) is 5.92 Å². The maximum atomic E-state index is 11.8. The van der Waals surface area contributed by atoms with Crippen molar-refractivity contribution in [2.45, 2.75) is 46.6 Å². The molecule has 0 radical (unpaired) electrons. The number of ketones is 1. The average Bonchev–Trinajstić information content (AvgIpc) is 2.42. The smallest absolute Gasteiger partial charge is 0.220 e. The number of unbranched alkanes of at least 4 members (excludes halogenated alkanes) is 1. The lowest BCUT2D eigenvalue weighted by Crippen LogP contribution is -2.22. The standard InChI is InChI=1S/C16H23NO2.H2/c1-4-5-6-15(18)17-11-13-7-9-14(10-8-13)16(19)12(2)3;/h7-10,12H,4-6,11H2,1-3H3,(H,17,18);1H. The molecule has 3 heteroatoms. The Labute approximate surface area is 116 Å². The van der Waals surface area contributed by atoms with E-state index in [2.05, 4.69) is 12.2 Å². The molecule has 0 bridgehead atoms. The third-order valence-electron chi connectivity index (χ3n) is 3.01. The zero-order chi connectivity index (χ0) is 14.3. The van der Waals surface area contributed by atoms with Crippen molar-refractivity contribution in [1.82, 2.24) is 5.32 Å². The van der Waals surface area contributed by atoms with Gasteiger partial charge in [0.05, 0.1) is 0 Å². The minimum Gasteiger partial charge on any atom is -0.352 e. The summed E-state index contributed by atoms with van der Waals surface area (Å²) in [6.07, 6.45) is 2.54. The Hall–Kier alpha value is -1.64. The van der Waals surface area contributed by atoms with Crippen LogP contribution < -0.4 is 5.32 Å². The molecule has 1 amide bonds. The van der Waals surface area contributed by atoms with Crippen LogP contribution >= 0.6 is 0 Å². The molecule has 0 aliphatic carbocycles. The molecule has 106 valence electrons. The number of hydrogen-bond donors (Lipinski definition) is 1. The average molecular weight is 263 g/mol. The van der Waals surface area contributed by atoms with Gasteiger partial charge in [-0.05, 0) is 12.0 Å². The molecule has 1 rings (SSSR count). The van der Waals surface area contributed by atoms with E-state index in [1.54, 1.807) is 0 Å². The van der Waals surface area contributed by atoms with Crippen LogP contribution in [0.2, 0.25) is 0 Å². The molecule has 19 heavy (non-hydrogen) atoms. The maximum absolute atomic E-state index is 11.8. The Balaban J connectivity index is 0.00000361. The number of amides is 1. The van der Waals surface area contributed by atoms with Crippen molar-refractivity contribution in [3.63, 3.8) is 0 Å². The predicted molar refractivity (Wildman–Crippen MR) is 79.1 cm³/mol. The van der Waals surface area contributed by atoms with Gasteiger partial charge in [-0.15, -0.1) is 0 Å². The number of hydrogen-bond acceptors (Lipinski definition) is 2. The summed E-state index contributed by atoms with van der Waals surface area (Å²) in [6, 6.07) is 7.46. The summed E-state index contributed by atoms with van der Waals surface area (Å²) < 4.78 is 0. The zero-order valence-electron chi connectivity index (χ0n) is 12.0. The van der Waals surface area contributed by atoms with Crippen LogP contribution in [0, 0.1) is 5.92 Å². The summed E-state index contributed by atoms with van der Waals surface area (Å²) in [5, 5.41) is 2.88. The van der Waals surface area contributed by atoms with Gasteiger partial charge >= 0.3 is 0 Å². The number of nitrogens with one attached hydrogen (secondary N) is 1. The molecular formula is C16H25NO2. The summed E-state index contributed by atoms with van der Waals surface area (Å²) in [5.41, 5.74) is 1.75. The van der Waals surface area contributed by atoms with Crippen molar-refractivity contribution < 1.29 is 11.0 Å². The maximum Gasteiger partial charge on any atom is 0.220 e. The summed E-state index contributed by atoms with van der Waals surface area (Å²) in [4.78, 5) is 23.2. The van der Waals surface area contributed by atoms with Crippen molar-refractivity contribution in [1.29, 1.82) is 0 Å². The van der Waals surface area contributed by atoms with E-state index in [1.807, 2.05) is 38.1 Å². The van der Waals surface area contributed by atoms with Crippen LogP contribution in [0.1, 0.15) is 57.4 Å². The van der Waals surface area contributed by atoms with Crippen LogP contribution in [0.5, 0.6) is 0 Å². The van der Waals surface area contributed by atoms with Crippen LogP contribution in [0.4, 0.5) is 0 Å². The molecule has 0 heterocycles. The first-order valence-corrected chi connectivity index (χ1v) is 6.94. The minimum atomic E-state index is 0. The van der Waals surface area contributed by atoms with Gasteiger partial charge in [0.1, 0.15) is 0 Å². The molecule has 0 aliphatic rings. The minimum absolute atomic E-state index is 0. The topological polar surface area (TPSA) is 46.2 Å². The highest BCUT2D eigenvalue weighted by molar-refractivity contribution is 5.97. The van der Waals surface area contributed by atoms with Gasteiger partial charge in [0, 0.05) is 25.9 Å². The lowest BCUT2D eigenvalue weighted by molar-refractivity contribution is -0.121. The fraction of sp³-hybridized carbons (Fsp3) is 0.500. The Morgan fingerprint density at radius 1 is 1.21 bits per heavy atom. The van der Waals surface area contributed by atoms with Gasteiger partial charge < -0.3 is 5.32 Å². The lowest BCUT2D eigenvalue weighted by atomic mass is 10.00. The van der Waals surface area contributed by atoms with E-state index in [4.69, 9.17) is 0 Å². The second kappa shape index (κ2) is 7.72. The fourth-order valence-corrected chi connectivity index (χ4v) is 1.75. The number of carbonyl (C=O) groups excluding carboxylic acids is 2. The SMILES string of the molecule is CCCCC(=O)NCc1ccc(C(=O)C(C)C)cc1.[HH]. The van der Waals surface area contributed by atoms with E-state index in [0.29, 0.717) is 13.0 Å². The summed E-state index contributed by atoms with van der Waals surface area (Å²) >= 11 is 0. The molecule has 0 aliphatic heterocycles. The van der Waals surface area contributed by atoms with Crippen LogP contribution in [0.3, 0.4) is 0 Å². The highest BCUT2D eigenvalue weighted by Crippen LogP contribution is 2.10. The quantitative estimate of drug-likeness (QED) is 0.764. The fourth-order valence-electron chi connectivity index (χ4n) is 1.75. The van der Waals surface area contributed by atoms with Crippen LogP contribution in [0.15, 0.2) is 24.3 Å². The first-order valence-electron chi connectivity index (χ1n) is 6.94. The second-order valence-corrected chi connectivity index (χ2v) is 5.10. The Bertz CT molecular complexity index is 427. The van der Waals surface area contributed by atoms with Crippen molar-refractivity contribution in [3.8, 4) is 0 Å². The van der Waals surface area contributed by atoms with Crippen molar-refractivity contribution in [2.75, 3.05) is 0 Å². The van der Waals surface area contributed by atoms with Crippen molar-refractivity contribution in [3.05, 3.63) is 35.4 Å². The van der Waals surface area contributed by atoms with E-state index >= 15 is 0 Å². The third-order valence-corrected chi connectivity index (χ3v) is 3.01. The molecule has 0 aromatic heterocycles. The first kappa shape index (κ1) is 15.4. The molecule has 1 N–H and O–H groups in total. The third kappa shape index (κ3) is 5.25. The van der Waals surface area contributed by atoms with Crippen LogP contribution in [-0.2, 0) is 11.3 Å². The zero-order valence-corrected chi connectivity index (χ0v) is 12.0. The number of rotatable bonds is 7. The monoisotopic (exact) mass is 263 g/mol. The normalized spacial score (nSPS) is 10.5. The molecule has 1 aromatic rings. The van der Waals surface area contributed by atoms with E-state index in [9.17, 15) is 9.59 Å². The summed E-state index contributed by atoms with van der Waals surface area (Å²) in [5.74, 6) is 0.252. The number of Topliss-reactive ketones (excluding diaryl/α,β-unsaturated/α-hetero) is 1. The van der Waals surface area contributed by atoms with E-state index in [1.165, 1.54) is 0 Å². The second-order valence-electron chi connectivity index (χ2n) is 5.10. The van der Waals surface area contributed by atoms with E-state index < -0.39 is 0 Å². The van der Waals surface area contributed by atoms with Crippen molar-refractivity contribution >= 4 is 11.7 Å². The highest BCUT2D eigenvalue weighted by atomic mass is 16.1. The van der Waals surface area contributed by atoms with Gasteiger partial charge in [0.15, 0.2) is 5.78 Å². The van der Waals surface area contributed by atoms with E-state index in [0.717, 1.165) is 24.0 Å². The highest BCUT2D eigenvalue weighted by Gasteiger charge is 2.09. The van der Waals surface area contributed by atoms with Gasteiger partial charge in [-0.2, -0.15) is 0 Å². The molecule has 3 nitrogen and oxygen atoms in total. The molecule has 1 aromatic carbocycles. The number of carbonyl (C=O) groups is 2. The molecule has 0 spiro atoms. The largest absolute Gasteiger partial charge is 0.352 e. The molecule has 0 saturated heterocycles. The molecular weight excluding hydrogens is 238 g/mol. The van der Waals surface area contributed by atoms with Crippen LogP contribution in [0.25, 0.3) is 0 Å². The molecule has 0 atom stereocenters. The van der Waals surface area contributed by atoms with Crippen LogP contribution in [-0.4, -0.2) is 11.7 Å². The predicted octanol–water partition coefficient (Wildman–Crippen LogP) is 3.58. The summed E-state index contributed by atoms with van der Waals surface area (Å²) in [7, 11) is 0.